The van der Waals surface area contributed by atoms with Gasteiger partial charge in [-0.2, -0.15) is 5.26 Å². The van der Waals surface area contributed by atoms with Crippen molar-refractivity contribution in [2.24, 2.45) is 0 Å². The molecule has 0 aromatic heterocycles. The van der Waals surface area contributed by atoms with Crippen molar-refractivity contribution in [1.29, 1.82) is 5.26 Å². The molecule has 0 fully saturated rings. The van der Waals surface area contributed by atoms with Crippen molar-refractivity contribution in [2.75, 3.05) is 6.61 Å². The summed E-state index contributed by atoms with van der Waals surface area (Å²) < 4.78 is 12.6. The van der Waals surface area contributed by atoms with Gasteiger partial charge in [0, 0.05) is 17.2 Å². The van der Waals surface area contributed by atoms with E-state index in [2.05, 4.69) is 28.7 Å². The van der Waals surface area contributed by atoms with Gasteiger partial charge in [-0.1, -0.05) is 23.7 Å². The van der Waals surface area contributed by atoms with Crippen LogP contribution in [0.2, 0.25) is 5.02 Å². The van der Waals surface area contributed by atoms with Crippen LogP contribution < -0.4 is 9.47 Å². The van der Waals surface area contributed by atoms with E-state index < -0.39 is 4.92 Å². The predicted octanol–water partition coefficient (Wildman–Crippen LogP) is 6.89. The molecule has 3 aromatic rings. The number of benzene rings is 3. The highest BCUT2D eigenvalue weighted by molar-refractivity contribution is 14.1. The first kappa shape index (κ1) is 23.6. The van der Waals surface area contributed by atoms with Gasteiger partial charge in [0.1, 0.15) is 6.61 Å². The first-order chi connectivity index (χ1) is 15.4. The molecule has 0 N–H and O–H groups in total. The van der Waals surface area contributed by atoms with Crippen molar-refractivity contribution in [3.63, 3.8) is 0 Å². The molecule has 0 aliphatic rings. The average Bonchev–Trinajstić information content (AvgIpc) is 2.78. The number of nitro benzene ring substituents is 1. The van der Waals surface area contributed by atoms with Gasteiger partial charge in [0.2, 0.25) is 0 Å². The zero-order valence-electron chi connectivity index (χ0n) is 17.0. The Labute approximate surface area is 204 Å². The molecule has 0 atom stereocenters. The van der Waals surface area contributed by atoms with Crippen LogP contribution in [0, 0.1) is 25.0 Å². The van der Waals surface area contributed by atoms with E-state index in [4.69, 9.17) is 21.1 Å². The second-order valence-corrected chi connectivity index (χ2v) is 8.25. The van der Waals surface area contributed by atoms with Crippen LogP contribution in [0.15, 0.2) is 60.7 Å². The number of halogens is 2. The Kier molecular flexibility index (Phi) is 8.09. The lowest BCUT2D eigenvalue weighted by Gasteiger charge is -2.15. The first-order valence-electron chi connectivity index (χ1n) is 9.61. The van der Waals surface area contributed by atoms with E-state index in [1.807, 2.05) is 43.3 Å². The molecule has 6 nitrogen and oxygen atoms in total. The van der Waals surface area contributed by atoms with Crippen LogP contribution in [0.3, 0.4) is 0 Å². The molecule has 3 aromatic carbocycles. The monoisotopic (exact) mass is 560 g/mol. The van der Waals surface area contributed by atoms with E-state index in [1.54, 1.807) is 18.2 Å². The van der Waals surface area contributed by atoms with Gasteiger partial charge >= 0.3 is 0 Å². The quantitative estimate of drug-likeness (QED) is 0.0984. The maximum Gasteiger partial charge on any atom is 0.269 e. The third kappa shape index (κ3) is 5.99. The van der Waals surface area contributed by atoms with Crippen LogP contribution >= 0.6 is 34.2 Å². The second-order valence-electron chi connectivity index (χ2n) is 6.65. The van der Waals surface area contributed by atoms with Gasteiger partial charge in [-0.3, -0.25) is 10.1 Å². The maximum absolute atomic E-state index is 10.9. The Hall–Kier alpha value is -3.09. The molecule has 0 aliphatic carbocycles. The number of rotatable bonds is 8. The number of non-ortho nitro benzene ring substituents is 1. The summed E-state index contributed by atoms with van der Waals surface area (Å²) in [6.45, 7) is 2.69. The Bertz CT molecular complexity index is 1190. The minimum atomic E-state index is -0.473. The molecule has 0 saturated carbocycles. The average molecular weight is 561 g/mol. The highest BCUT2D eigenvalue weighted by Gasteiger charge is 2.13. The number of hydrogen-bond acceptors (Lipinski definition) is 5. The molecular formula is C24H18ClIN2O4. The third-order valence-corrected chi connectivity index (χ3v) is 5.50. The van der Waals surface area contributed by atoms with Gasteiger partial charge in [0.15, 0.2) is 11.5 Å². The van der Waals surface area contributed by atoms with E-state index in [1.165, 1.54) is 12.1 Å². The zero-order chi connectivity index (χ0) is 23.1. The SMILES string of the molecule is CCOc1cc(C=C(C#N)c2ccc([N+](=O)[O-])cc2)cc(I)c1OCc1ccc(Cl)cc1. The molecule has 0 unspecified atom stereocenters. The van der Waals surface area contributed by atoms with Crippen molar-refractivity contribution in [3.8, 4) is 17.6 Å². The molecule has 0 saturated heterocycles. The summed E-state index contributed by atoms with van der Waals surface area (Å²) in [5, 5.41) is 21.2. The number of ether oxygens (including phenoxy) is 2. The van der Waals surface area contributed by atoms with Gasteiger partial charge in [-0.15, -0.1) is 0 Å². The van der Waals surface area contributed by atoms with Crippen LogP contribution in [0.5, 0.6) is 11.5 Å². The maximum atomic E-state index is 10.9. The third-order valence-electron chi connectivity index (χ3n) is 4.45. The lowest BCUT2D eigenvalue weighted by molar-refractivity contribution is -0.384. The first-order valence-corrected chi connectivity index (χ1v) is 11.1. The summed E-state index contributed by atoms with van der Waals surface area (Å²) in [6.07, 6.45) is 1.72. The van der Waals surface area contributed by atoms with E-state index in [-0.39, 0.29) is 5.69 Å². The summed E-state index contributed by atoms with van der Waals surface area (Å²) in [4.78, 5) is 10.4. The molecule has 162 valence electrons. The largest absolute Gasteiger partial charge is 0.490 e. The molecule has 3 rings (SSSR count). The number of hydrogen-bond donors (Lipinski definition) is 0. The predicted molar refractivity (Wildman–Crippen MR) is 133 cm³/mol. The topological polar surface area (TPSA) is 85.4 Å². The van der Waals surface area contributed by atoms with Crippen molar-refractivity contribution in [2.45, 2.75) is 13.5 Å². The van der Waals surface area contributed by atoms with Crippen molar-refractivity contribution in [1.82, 2.24) is 0 Å². The van der Waals surface area contributed by atoms with E-state index in [0.717, 1.165) is 14.7 Å². The van der Waals surface area contributed by atoms with E-state index in [9.17, 15) is 15.4 Å². The summed E-state index contributed by atoms with van der Waals surface area (Å²) in [5.41, 5.74) is 2.68. The Balaban J connectivity index is 1.90. The fourth-order valence-corrected chi connectivity index (χ4v) is 3.83. The van der Waals surface area contributed by atoms with Crippen molar-refractivity contribution >= 4 is 51.5 Å². The Morgan fingerprint density at radius 1 is 1.16 bits per heavy atom. The minimum absolute atomic E-state index is 0.0265. The van der Waals surface area contributed by atoms with E-state index in [0.29, 0.717) is 40.9 Å². The lowest BCUT2D eigenvalue weighted by Crippen LogP contribution is -2.02. The summed E-state index contributed by atoms with van der Waals surface area (Å²) in [7, 11) is 0. The molecule has 0 amide bonds. The fourth-order valence-electron chi connectivity index (χ4n) is 2.92. The normalized spacial score (nSPS) is 11.0. The van der Waals surface area contributed by atoms with Gasteiger partial charge in [0.05, 0.1) is 26.7 Å². The van der Waals surface area contributed by atoms with Crippen molar-refractivity contribution < 1.29 is 14.4 Å². The van der Waals surface area contributed by atoms with Crippen LogP contribution in [-0.2, 0) is 6.61 Å². The number of allylic oxidation sites excluding steroid dienone is 1. The summed E-state index contributed by atoms with van der Waals surface area (Å²) in [5.74, 6) is 1.19. The minimum Gasteiger partial charge on any atom is -0.490 e. The van der Waals surface area contributed by atoms with Crippen LogP contribution in [0.25, 0.3) is 11.6 Å². The molecule has 0 heterocycles. The van der Waals surface area contributed by atoms with Gasteiger partial charge in [-0.25, -0.2) is 0 Å². The molecule has 0 aliphatic heterocycles. The van der Waals surface area contributed by atoms with Gasteiger partial charge < -0.3 is 9.47 Å². The molecule has 0 spiro atoms. The molecular weight excluding hydrogens is 543 g/mol. The lowest BCUT2D eigenvalue weighted by atomic mass is 10.0. The molecule has 8 heteroatoms. The highest BCUT2D eigenvalue weighted by Crippen LogP contribution is 2.36. The summed E-state index contributed by atoms with van der Waals surface area (Å²) in [6, 6.07) is 19.2. The highest BCUT2D eigenvalue weighted by atomic mass is 127. The number of nitriles is 1. The molecule has 0 bridgehead atoms. The number of nitro groups is 1. The van der Waals surface area contributed by atoms with E-state index >= 15 is 0 Å². The smallest absolute Gasteiger partial charge is 0.269 e. The number of nitrogens with zero attached hydrogens (tertiary/aromatic N) is 2. The fraction of sp³-hybridized carbons (Fsp3) is 0.125. The Morgan fingerprint density at radius 2 is 1.84 bits per heavy atom. The van der Waals surface area contributed by atoms with Crippen LogP contribution in [0.1, 0.15) is 23.6 Å². The van der Waals surface area contributed by atoms with Gasteiger partial charge in [0.25, 0.3) is 5.69 Å². The second kappa shape index (κ2) is 11.0. The zero-order valence-corrected chi connectivity index (χ0v) is 20.0. The molecule has 0 radical (unpaired) electrons. The Morgan fingerprint density at radius 3 is 2.44 bits per heavy atom. The van der Waals surface area contributed by atoms with Crippen LogP contribution in [0.4, 0.5) is 5.69 Å². The molecule has 32 heavy (non-hydrogen) atoms. The standard InChI is InChI=1S/C24H18ClIN2O4/c1-2-31-23-13-17(11-19(14-27)18-5-9-21(10-6-18)28(29)30)12-22(26)24(23)32-15-16-3-7-20(25)8-4-16/h3-13H,2,15H2,1H3. The van der Waals surface area contributed by atoms with Crippen LogP contribution in [-0.4, -0.2) is 11.5 Å². The summed E-state index contributed by atoms with van der Waals surface area (Å²) >= 11 is 8.11. The van der Waals surface area contributed by atoms with Gasteiger partial charge in [-0.05, 0) is 88.7 Å². The van der Waals surface area contributed by atoms with Crippen molar-refractivity contribution in [3.05, 3.63) is 96.1 Å².